The first-order chi connectivity index (χ1) is 8.13. The molecule has 17 heavy (non-hydrogen) atoms. The predicted octanol–water partition coefficient (Wildman–Crippen LogP) is 2.28. The van der Waals surface area contributed by atoms with Crippen LogP contribution in [-0.2, 0) is 16.0 Å². The summed E-state index contributed by atoms with van der Waals surface area (Å²) >= 11 is 5.35. The Morgan fingerprint density at radius 1 is 1.29 bits per heavy atom. The summed E-state index contributed by atoms with van der Waals surface area (Å²) in [7, 11) is 0. The maximum atomic E-state index is 11.6. The number of halogens is 1. The second kappa shape index (κ2) is 7.07. The normalized spacial score (nSPS) is 11.9. The van der Waals surface area contributed by atoms with Gasteiger partial charge in [-0.15, -0.1) is 0 Å². The van der Waals surface area contributed by atoms with Crippen LogP contribution in [0.15, 0.2) is 30.3 Å². The van der Waals surface area contributed by atoms with Crippen LogP contribution in [0.5, 0.6) is 0 Å². The van der Waals surface area contributed by atoms with E-state index in [0.717, 1.165) is 5.56 Å². The van der Waals surface area contributed by atoms with Crippen molar-refractivity contribution >= 4 is 22.8 Å². The first-order valence-electron chi connectivity index (χ1n) is 5.66. The van der Waals surface area contributed by atoms with Crippen LogP contribution >= 0.6 is 11.6 Å². The minimum Gasteiger partial charge on any atom is -0.345 e. The number of carbonyl (C=O) groups excluding carboxylic acids is 2. The molecule has 0 aromatic heterocycles. The molecule has 4 heteroatoms. The number of aryl methyl sites for hydroxylation is 1. The fourth-order valence-electron chi connectivity index (χ4n) is 1.49. The average molecular weight is 254 g/mol. The topological polar surface area (TPSA) is 46.2 Å². The van der Waals surface area contributed by atoms with Gasteiger partial charge in [0, 0.05) is 6.42 Å². The van der Waals surface area contributed by atoms with Gasteiger partial charge < -0.3 is 5.32 Å². The molecule has 0 fully saturated rings. The number of hydrogen-bond acceptors (Lipinski definition) is 2. The fraction of sp³-hybridized carbons (Fsp3) is 0.385. The Morgan fingerprint density at radius 2 is 1.94 bits per heavy atom. The lowest BCUT2D eigenvalue weighted by Gasteiger charge is -2.12. The molecule has 0 saturated carbocycles. The first-order valence-corrected chi connectivity index (χ1v) is 6.04. The molecule has 0 heterocycles. The number of benzene rings is 1. The van der Waals surface area contributed by atoms with E-state index in [1.165, 1.54) is 0 Å². The number of carbonyl (C=O) groups is 2. The van der Waals surface area contributed by atoms with Crippen molar-refractivity contribution in [1.82, 2.24) is 5.32 Å². The predicted molar refractivity (Wildman–Crippen MR) is 67.8 cm³/mol. The van der Waals surface area contributed by atoms with Crippen LogP contribution in [0.4, 0.5) is 0 Å². The van der Waals surface area contributed by atoms with Gasteiger partial charge >= 0.3 is 0 Å². The molecule has 1 rings (SSSR count). The summed E-state index contributed by atoms with van der Waals surface area (Å²) in [5, 5.41) is 2.10. The van der Waals surface area contributed by atoms with Crippen LogP contribution < -0.4 is 5.32 Å². The Labute approximate surface area is 106 Å². The van der Waals surface area contributed by atoms with Gasteiger partial charge in [0.2, 0.25) is 11.1 Å². The van der Waals surface area contributed by atoms with Gasteiger partial charge in [-0.2, -0.15) is 0 Å². The summed E-state index contributed by atoms with van der Waals surface area (Å²) in [5.41, 5.74) is 1.10. The van der Waals surface area contributed by atoms with Gasteiger partial charge in [0.15, 0.2) is 0 Å². The lowest BCUT2D eigenvalue weighted by molar-refractivity contribution is -0.124. The zero-order chi connectivity index (χ0) is 12.7. The molecule has 1 amide bonds. The number of amides is 1. The van der Waals surface area contributed by atoms with Gasteiger partial charge in [-0.05, 0) is 30.0 Å². The van der Waals surface area contributed by atoms with Crippen LogP contribution in [0, 0.1) is 0 Å². The van der Waals surface area contributed by atoms with Gasteiger partial charge in [0.25, 0.3) is 0 Å². The summed E-state index contributed by atoms with van der Waals surface area (Å²) in [5.74, 6) is -0.144. The third-order valence-corrected chi connectivity index (χ3v) is 2.76. The smallest absolute Gasteiger partial charge is 0.243 e. The second-order valence-electron chi connectivity index (χ2n) is 3.82. The lowest BCUT2D eigenvalue weighted by Crippen LogP contribution is -2.38. The SMILES string of the molecule is CCC(NC(=O)CCc1ccccc1)C(=O)Cl. The molecule has 0 spiro atoms. The van der Waals surface area contributed by atoms with E-state index in [1.807, 2.05) is 37.3 Å². The minimum absolute atomic E-state index is 0.144. The molecule has 3 nitrogen and oxygen atoms in total. The highest BCUT2D eigenvalue weighted by Crippen LogP contribution is 2.03. The Hall–Kier alpha value is -1.35. The van der Waals surface area contributed by atoms with Gasteiger partial charge in [-0.3, -0.25) is 9.59 Å². The maximum absolute atomic E-state index is 11.6. The Kier molecular flexibility index (Phi) is 5.70. The fourth-order valence-corrected chi connectivity index (χ4v) is 1.70. The van der Waals surface area contributed by atoms with Crippen LogP contribution in [0.25, 0.3) is 0 Å². The van der Waals surface area contributed by atoms with Crippen molar-refractivity contribution in [2.45, 2.75) is 32.2 Å². The summed E-state index contributed by atoms with van der Waals surface area (Å²) in [4.78, 5) is 22.5. The highest BCUT2D eigenvalue weighted by molar-refractivity contribution is 6.64. The lowest BCUT2D eigenvalue weighted by atomic mass is 10.1. The molecule has 1 aromatic rings. The molecule has 1 unspecified atom stereocenters. The van der Waals surface area contributed by atoms with Gasteiger partial charge in [-0.25, -0.2) is 0 Å². The maximum Gasteiger partial charge on any atom is 0.243 e. The third kappa shape index (κ3) is 5.00. The summed E-state index contributed by atoms with van der Waals surface area (Å²) < 4.78 is 0. The van der Waals surface area contributed by atoms with Crippen molar-refractivity contribution in [2.75, 3.05) is 0 Å². The standard InChI is InChI=1S/C13H16ClNO2/c1-2-11(13(14)17)15-12(16)9-8-10-6-4-3-5-7-10/h3-7,11H,2,8-9H2,1H3,(H,15,16). The average Bonchev–Trinajstić information content (AvgIpc) is 2.34. The highest BCUT2D eigenvalue weighted by Gasteiger charge is 2.15. The molecule has 0 saturated heterocycles. The van der Waals surface area contributed by atoms with Crippen LogP contribution in [0.2, 0.25) is 0 Å². The van der Waals surface area contributed by atoms with E-state index < -0.39 is 11.3 Å². The molecule has 0 aliphatic heterocycles. The third-order valence-electron chi connectivity index (χ3n) is 2.50. The van der Waals surface area contributed by atoms with Gasteiger partial charge in [0.05, 0.1) is 0 Å². The zero-order valence-electron chi connectivity index (χ0n) is 9.78. The van der Waals surface area contributed by atoms with Crippen LogP contribution in [0.3, 0.4) is 0 Å². The van der Waals surface area contributed by atoms with E-state index >= 15 is 0 Å². The van der Waals surface area contributed by atoms with Crippen molar-refractivity contribution in [2.24, 2.45) is 0 Å². The molecule has 0 radical (unpaired) electrons. The van der Waals surface area contributed by atoms with E-state index in [4.69, 9.17) is 11.6 Å². The second-order valence-corrected chi connectivity index (χ2v) is 4.19. The summed E-state index contributed by atoms with van der Waals surface area (Å²) in [6.07, 6.45) is 1.55. The molecule has 0 aliphatic rings. The van der Waals surface area contributed by atoms with Crippen molar-refractivity contribution in [3.63, 3.8) is 0 Å². The van der Waals surface area contributed by atoms with E-state index in [1.54, 1.807) is 0 Å². The first kappa shape index (κ1) is 13.7. The Morgan fingerprint density at radius 3 is 2.47 bits per heavy atom. The molecular weight excluding hydrogens is 238 g/mol. The van der Waals surface area contributed by atoms with Gasteiger partial charge in [-0.1, -0.05) is 37.3 Å². The molecule has 92 valence electrons. The van der Waals surface area contributed by atoms with Crippen LogP contribution in [0.1, 0.15) is 25.3 Å². The minimum atomic E-state index is -0.569. The number of rotatable bonds is 6. The Bertz CT molecular complexity index is 378. The number of hydrogen-bond donors (Lipinski definition) is 1. The molecular formula is C13H16ClNO2. The van der Waals surface area contributed by atoms with Crippen molar-refractivity contribution in [3.05, 3.63) is 35.9 Å². The zero-order valence-corrected chi connectivity index (χ0v) is 10.5. The van der Waals surface area contributed by atoms with E-state index in [9.17, 15) is 9.59 Å². The highest BCUT2D eigenvalue weighted by atomic mass is 35.5. The van der Waals surface area contributed by atoms with Gasteiger partial charge in [0.1, 0.15) is 6.04 Å². The quantitative estimate of drug-likeness (QED) is 0.791. The monoisotopic (exact) mass is 253 g/mol. The van der Waals surface area contributed by atoms with Crippen molar-refractivity contribution in [3.8, 4) is 0 Å². The number of nitrogens with one attached hydrogen (secondary N) is 1. The van der Waals surface area contributed by atoms with E-state index in [-0.39, 0.29) is 5.91 Å². The summed E-state index contributed by atoms with van der Waals surface area (Å²) in [6, 6.07) is 9.17. The molecule has 1 aromatic carbocycles. The van der Waals surface area contributed by atoms with Crippen molar-refractivity contribution in [1.29, 1.82) is 0 Å². The Balaban J connectivity index is 2.37. The molecule has 1 N–H and O–H groups in total. The summed E-state index contributed by atoms with van der Waals surface area (Å²) in [6.45, 7) is 1.81. The van der Waals surface area contributed by atoms with Crippen LogP contribution in [-0.4, -0.2) is 17.2 Å². The molecule has 0 bridgehead atoms. The largest absolute Gasteiger partial charge is 0.345 e. The molecule has 0 aliphatic carbocycles. The van der Waals surface area contributed by atoms with E-state index in [2.05, 4.69) is 5.32 Å². The molecule has 1 atom stereocenters. The van der Waals surface area contributed by atoms with Crippen molar-refractivity contribution < 1.29 is 9.59 Å². The van der Waals surface area contributed by atoms with E-state index in [0.29, 0.717) is 19.3 Å².